The number of carboxylic acids is 1. The fraction of sp³-hybridized carbons (Fsp3) is 0.786. The Morgan fingerprint density at radius 1 is 1.19 bits per heavy atom. The van der Waals surface area contributed by atoms with E-state index in [0.717, 1.165) is 37.7 Å². The molecule has 0 atom stereocenters. The molecule has 1 rings (SSSR count). The van der Waals surface area contributed by atoms with Gasteiger partial charge in [-0.3, -0.25) is 4.79 Å². The van der Waals surface area contributed by atoms with Gasteiger partial charge >= 0.3 is 5.97 Å². The third-order valence-electron chi connectivity index (χ3n) is 3.85. The van der Waals surface area contributed by atoms with E-state index in [-0.39, 0.29) is 0 Å². The van der Waals surface area contributed by atoms with Crippen LogP contribution in [0.5, 0.6) is 0 Å². The van der Waals surface area contributed by atoms with Crippen LogP contribution in [-0.4, -0.2) is 11.1 Å². The number of aliphatic carboxylic acids is 1. The summed E-state index contributed by atoms with van der Waals surface area (Å²) in [4.78, 5) is 11.6. The molecule has 0 aromatic carbocycles. The smallest absolute Gasteiger partial charge is 0.309 e. The van der Waals surface area contributed by atoms with Crippen molar-refractivity contribution >= 4 is 5.97 Å². The molecule has 0 saturated heterocycles. The summed E-state index contributed by atoms with van der Waals surface area (Å²) in [5.74, 6) is -0.607. The molecule has 0 aromatic rings. The molecule has 2 heteroatoms. The zero-order valence-corrected chi connectivity index (χ0v) is 10.4. The predicted molar refractivity (Wildman–Crippen MR) is 66.4 cm³/mol. The van der Waals surface area contributed by atoms with E-state index in [1.165, 1.54) is 19.3 Å². The lowest BCUT2D eigenvalue weighted by Gasteiger charge is -2.32. The van der Waals surface area contributed by atoms with Crippen molar-refractivity contribution < 1.29 is 9.90 Å². The predicted octanol–water partition coefficient (Wildman–Crippen LogP) is 4.16. The van der Waals surface area contributed by atoms with Crippen LogP contribution in [0.15, 0.2) is 12.2 Å². The second-order valence-corrected chi connectivity index (χ2v) is 5.13. The Bertz CT molecular complexity index is 247. The molecule has 92 valence electrons. The monoisotopic (exact) mass is 224 g/mol. The largest absolute Gasteiger partial charge is 0.481 e. The van der Waals surface area contributed by atoms with Crippen molar-refractivity contribution in [2.24, 2.45) is 5.41 Å². The highest BCUT2D eigenvalue weighted by Crippen LogP contribution is 2.40. The average molecular weight is 224 g/mol. The van der Waals surface area contributed by atoms with Gasteiger partial charge in [0, 0.05) is 0 Å². The van der Waals surface area contributed by atoms with E-state index in [1.54, 1.807) is 0 Å². The number of carboxylic acid groups (broad SMARTS) is 1. The Labute approximate surface area is 98.7 Å². The Morgan fingerprint density at radius 3 is 2.12 bits per heavy atom. The van der Waals surface area contributed by atoms with Gasteiger partial charge in [-0.2, -0.15) is 0 Å². The summed E-state index contributed by atoms with van der Waals surface area (Å²) in [6.07, 6.45) is 9.01. The van der Waals surface area contributed by atoms with Gasteiger partial charge in [-0.05, 0) is 25.7 Å². The number of carbonyl (C=O) groups is 1. The quantitative estimate of drug-likeness (QED) is 0.728. The van der Waals surface area contributed by atoms with Gasteiger partial charge < -0.3 is 5.11 Å². The first kappa shape index (κ1) is 13.3. The van der Waals surface area contributed by atoms with Gasteiger partial charge in [-0.25, -0.2) is 0 Å². The highest BCUT2D eigenvalue weighted by molar-refractivity contribution is 5.75. The molecule has 1 saturated carbocycles. The SMILES string of the molecule is C=C(CC)CC1(C(=O)O)CCCCCCC1. The van der Waals surface area contributed by atoms with Gasteiger partial charge in [-0.1, -0.05) is 51.2 Å². The average Bonchev–Trinajstić information content (AvgIpc) is 2.21. The molecule has 16 heavy (non-hydrogen) atoms. The molecule has 0 radical (unpaired) electrons. The molecule has 0 aliphatic heterocycles. The van der Waals surface area contributed by atoms with E-state index in [0.29, 0.717) is 6.42 Å². The Morgan fingerprint density at radius 2 is 1.69 bits per heavy atom. The van der Waals surface area contributed by atoms with Crippen LogP contribution in [0.2, 0.25) is 0 Å². The van der Waals surface area contributed by atoms with E-state index >= 15 is 0 Å². The van der Waals surface area contributed by atoms with Crippen LogP contribution in [0.25, 0.3) is 0 Å². The molecule has 0 amide bonds. The highest BCUT2D eigenvalue weighted by atomic mass is 16.4. The molecule has 0 bridgehead atoms. The van der Waals surface area contributed by atoms with Gasteiger partial charge in [0.1, 0.15) is 0 Å². The standard InChI is InChI=1S/C14H24O2/c1-3-12(2)11-14(13(15)16)9-7-5-4-6-8-10-14/h2-11H2,1H3,(H,15,16). The Hall–Kier alpha value is -0.790. The highest BCUT2D eigenvalue weighted by Gasteiger charge is 2.37. The molecule has 1 fully saturated rings. The third kappa shape index (κ3) is 3.36. The van der Waals surface area contributed by atoms with Gasteiger partial charge in [-0.15, -0.1) is 0 Å². The lowest BCUT2D eigenvalue weighted by atomic mass is 9.72. The summed E-state index contributed by atoms with van der Waals surface area (Å²) < 4.78 is 0. The number of rotatable bonds is 4. The number of allylic oxidation sites excluding steroid dienone is 1. The minimum atomic E-state index is -0.607. The molecule has 1 N–H and O–H groups in total. The molecular formula is C14H24O2. The Balaban J connectivity index is 2.75. The fourth-order valence-corrected chi connectivity index (χ4v) is 2.65. The molecule has 0 aromatic heterocycles. The van der Waals surface area contributed by atoms with Gasteiger partial charge in [0.15, 0.2) is 0 Å². The molecule has 1 aliphatic rings. The van der Waals surface area contributed by atoms with Crippen LogP contribution in [0.1, 0.15) is 64.7 Å². The van der Waals surface area contributed by atoms with Crippen molar-refractivity contribution in [1.82, 2.24) is 0 Å². The number of hydrogen-bond donors (Lipinski definition) is 1. The van der Waals surface area contributed by atoms with E-state index < -0.39 is 11.4 Å². The van der Waals surface area contributed by atoms with Crippen LogP contribution in [-0.2, 0) is 4.79 Å². The first-order chi connectivity index (χ1) is 7.60. The Kier molecular flexibility index (Phi) is 5.04. The first-order valence-corrected chi connectivity index (χ1v) is 6.51. The van der Waals surface area contributed by atoms with Gasteiger partial charge in [0.05, 0.1) is 5.41 Å². The van der Waals surface area contributed by atoms with Crippen molar-refractivity contribution in [3.05, 3.63) is 12.2 Å². The van der Waals surface area contributed by atoms with Crippen molar-refractivity contribution in [3.8, 4) is 0 Å². The molecule has 0 heterocycles. The maximum Gasteiger partial charge on any atom is 0.309 e. The van der Waals surface area contributed by atoms with Crippen molar-refractivity contribution in [2.75, 3.05) is 0 Å². The molecule has 1 aliphatic carbocycles. The summed E-state index contributed by atoms with van der Waals surface area (Å²) >= 11 is 0. The fourth-order valence-electron chi connectivity index (χ4n) is 2.65. The van der Waals surface area contributed by atoms with Gasteiger partial charge in [0.25, 0.3) is 0 Å². The number of hydrogen-bond acceptors (Lipinski definition) is 1. The van der Waals surface area contributed by atoms with Crippen LogP contribution >= 0.6 is 0 Å². The minimum absolute atomic E-state index is 0.506. The van der Waals surface area contributed by atoms with E-state index in [4.69, 9.17) is 0 Å². The zero-order valence-electron chi connectivity index (χ0n) is 10.4. The summed E-state index contributed by atoms with van der Waals surface area (Å²) in [6.45, 7) is 6.04. The maximum atomic E-state index is 11.6. The second-order valence-electron chi connectivity index (χ2n) is 5.13. The molecule has 0 unspecified atom stereocenters. The maximum absolute atomic E-state index is 11.6. The summed E-state index contributed by atoms with van der Waals surface area (Å²) in [5.41, 5.74) is 0.580. The normalized spacial score (nSPS) is 20.8. The topological polar surface area (TPSA) is 37.3 Å². The van der Waals surface area contributed by atoms with Crippen molar-refractivity contribution in [1.29, 1.82) is 0 Å². The van der Waals surface area contributed by atoms with Crippen LogP contribution in [0.3, 0.4) is 0 Å². The van der Waals surface area contributed by atoms with Crippen LogP contribution in [0, 0.1) is 5.41 Å². The lowest BCUT2D eigenvalue weighted by molar-refractivity contribution is -0.150. The summed E-state index contributed by atoms with van der Waals surface area (Å²) in [7, 11) is 0. The molecule has 0 spiro atoms. The van der Waals surface area contributed by atoms with Gasteiger partial charge in [0.2, 0.25) is 0 Å². The first-order valence-electron chi connectivity index (χ1n) is 6.51. The zero-order chi connectivity index (χ0) is 12.0. The minimum Gasteiger partial charge on any atom is -0.481 e. The molecule has 2 nitrogen and oxygen atoms in total. The second kappa shape index (κ2) is 6.07. The van der Waals surface area contributed by atoms with Crippen LogP contribution in [0.4, 0.5) is 0 Å². The van der Waals surface area contributed by atoms with E-state index in [9.17, 15) is 9.90 Å². The third-order valence-corrected chi connectivity index (χ3v) is 3.85. The van der Waals surface area contributed by atoms with Crippen molar-refractivity contribution in [2.45, 2.75) is 64.7 Å². The van der Waals surface area contributed by atoms with E-state index in [1.807, 2.05) is 0 Å². The lowest BCUT2D eigenvalue weighted by Crippen LogP contribution is -2.32. The van der Waals surface area contributed by atoms with Crippen molar-refractivity contribution in [3.63, 3.8) is 0 Å². The molecular weight excluding hydrogens is 200 g/mol. The van der Waals surface area contributed by atoms with E-state index in [2.05, 4.69) is 13.5 Å². The summed E-state index contributed by atoms with van der Waals surface area (Å²) in [5, 5.41) is 9.51. The summed E-state index contributed by atoms with van der Waals surface area (Å²) in [6, 6.07) is 0. The van der Waals surface area contributed by atoms with Crippen LogP contribution < -0.4 is 0 Å².